The molecule has 0 radical (unpaired) electrons. The number of aromatic nitrogens is 3. The first kappa shape index (κ1) is 12.3. The average Bonchev–Trinajstić information content (AvgIpc) is 2.65. The van der Waals surface area contributed by atoms with Crippen molar-refractivity contribution in [3.63, 3.8) is 0 Å². The summed E-state index contributed by atoms with van der Waals surface area (Å²) in [6.45, 7) is 1.81. The maximum absolute atomic E-state index is 14.0. The minimum atomic E-state index is -0.280. The largest absolute Gasteiger partial charge is 0.334 e. The molecule has 19 heavy (non-hydrogen) atoms. The smallest absolute Gasteiger partial charge is 0.145 e. The first-order valence-electron chi connectivity index (χ1n) is 5.82. The van der Waals surface area contributed by atoms with Gasteiger partial charge in [0.25, 0.3) is 0 Å². The fourth-order valence-corrected chi connectivity index (χ4v) is 2.85. The predicted molar refractivity (Wildman–Crippen MR) is 76.3 cm³/mol. The van der Waals surface area contributed by atoms with Crippen molar-refractivity contribution in [2.24, 2.45) is 7.05 Å². The van der Waals surface area contributed by atoms with Gasteiger partial charge in [-0.2, -0.15) is 0 Å². The van der Waals surface area contributed by atoms with Gasteiger partial charge in [0.1, 0.15) is 17.3 Å². The Hall–Kier alpha value is -1.75. The fourth-order valence-electron chi connectivity index (χ4n) is 2.18. The summed E-state index contributed by atoms with van der Waals surface area (Å²) in [5.41, 5.74) is 1.90. The molecule has 0 aliphatic rings. The number of halogens is 2. The van der Waals surface area contributed by atoms with Gasteiger partial charge in [-0.25, -0.2) is 14.4 Å². The highest BCUT2D eigenvalue weighted by atomic mass is 79.9. The van der Waals surface area contributed by atoms with E-state index in [1.165, 1.54) is 6.07 Å². The molecular weight excluding hydrogens is 309 g/mol. The molecule has 2 heterocycles. The Kier molecular flexibility index (Phi) is 2.86. The van der Waals surface area contributed by atoms with E-state index in [-0.39, 0.29) is 5.82 Å². The number of hydrogen-bond donors (Lipinski definition) is 0. The molecule has 3 aromatic rings. The Morgan fingerprint density at radius 3 is 2.68 bits per heavy atom. The zero-order valence-corrected chi connectivity index (χ0v) is 12.1. The minimum absolute atomic E-state index is 0.280. The van der Waals surface area contributed by atoms with Crippen molar-refractivity contribution < 1.29 is 4.39 Å². The quantitative estimate of drug-likeness (QED) is 0.682. The normalized spacial score (nSPS) is 11.2. The molecule has 5 heteroatoms. The van der Waals surface area contributed by atoms with Crippen LogP contribution in [0.3, 0.4) is 0 Å². The summed E-state index contributed by atoms with van der Waals surface area (Å²) in [7, 11) is 1.91. The van der Waals surface area contributed by atoms with Gasteiger partial charge < -0.3 is 4.57 Å². The van der Waals surface area contributed by atoms with Gasteiger partial charge in [0.05, 0.1) is 11.1 Å². The average molecular weight is 320 g/mol. The molecule has 0 atom stereocenters. The second kappa shape index (κ2) is 4.42. The molecule has 0 aliphatic heterocycles. The van der Waals surface area contributed by atoms with Gasteiger partial charge in [-0.05, 0) is 35.0 Å². The van der Waals surface area contributed by atoms with Crippen LogP contribution in [0.25, 0.3) is 22.3 Å². The Labute approximate surface area is 118 Å². The van der Waals surface area contributed by atoms with Gasteiger partial charge in [-0.3, -0.25) is 0 Å². The Balaban J connectivity index is 2.44. The molecule has 0 spiro atoms. The highest BCUT2D eigenvalue weighted by Gasteiger charge is 2.16. The van der Waals surface area contributed by atoms with Crippen LogP contribution >= 0.6 is 15.9 Å². The minimum Gasteiger partial charge on any atom is -0.334 e. The number of aryl methyl sites for hydroxylation is 2. The van der Waals surface area contributed by atoms with Gasteiger partial charge in [-0.1, -0.05) is 12.1 Å². The van der Waals surface area contributed by atoms with E-state index in [1.54, 1.807) is 18.2 Å². The summed E-state index contributed by atoms with van der Waals surface area (Å²) in [5.74, 6) is 0.345. The first-order chi connectivity index (χ1) is 9.08. The van der Waals surface area contributed by atoms with Crippen LogP contribution in [-0.2, 0) is 7.05 Å². The third kappa shape index (κ3) is 1.94. The Bertz CT molecular complexity index is 780. The Morgan fingerprint density at radius 1 is 1.21 bits per heavy atom. The lowest BCUT2D eigenvalue weighted by atomic mass is 10.1. The molecule has 3 nitrogen and oxygen atoms in total. The van der Waals surface area contributed by atoms with Crippen molar-refractivity contribution >= 4 is 27.0 Å². The van der Waals surface area contributed by atoms with Crippen LogP contribution in [0.2, 0.25) is 0 Å². The third-order valence-electron chi connectivity index (χ3n) is 3.01. The standard InChI is InChI=1S/C14H11BrFN3/c1-8-17-13(9-5-3-4-6-11(9)16)12-10(15)7-19(2)14(12)18-8/h3-7H,1-2H3. The molecule has 0 saturated carbocycles. The molecule has 3 rings (SSSR count). The molecule has 0 bridgehead atoms. The molecule has 0 saturated heterocycles. The summed E-state index contributed by atoms with van der Waals surface area (Å²) in [5, 5.41) is 0.832. The molecular formula is C14H11BrFN3. The van der Waals surface area contributed by atoms with Gasteiger partial charge in [0.15, 0.2) is 0 Å². The molecule has 96 valence electrons. The van der Waals surface area contributed by atoms with Crippen molar-refractivity contribution in [3.8, 4) is 11.3 Å². The second-order valence-electron chi connectivity index (χ2n) is 4.39. The lowest BCUT2D eigenvalue weighted by Gasteiger charge is -2.06. The maximum atomic E-state index is 14.0. The predicted octanol–water partition coefficient (Wildman–Crippen LogP) is 3.85. The van der Waals surface area contributed by atoms with Gasteiger partial charge >= 0.3 is 0 Å². The fraction of sp³-hybridized carbons (Fsp3) is 0.143. The molecule has 0 fully saturated rings. The highest BCUT2D eigenvalue weighted by molar-refractivity contribution is 9.10. The summed E-state index contributed by atoms with van der Waals surface area (Å²) < 4.78 is 16.8. The van der Waals surface area contributed by atoms with Crippen LogP contribution in [0.15, 0.2) is 34.9 Å². The van der Waals surface area contributed by atoms with Crippen molar-refractivity contribution in [3.05, 3.63) is 46.6 Å². The van der Waals surface area contributed by atoms with Gasteiger partial charge in [0, 0.05) is 23.3 Å². The summed E-state index contributed by atoms with van der Waals surface area (Å²) in [4.78, 5) is 8.82. The highest BCUT2D eigenvalue weighted by Crippen LogP contribution is 2.33. The topological polar surface area (TPSA) is 30.7 Å². The van der Waals surface area contributed by atoms with E-state index in [2.05, 4.69) is 25.9 Å². The van der Waals surface area contributed by atoms with Crippen LogP contribution in [0.4, 0.5) is 4.39 Å². The van der Waals surface area contributed by atoms with Crippen molar-refractivity contribution in [2.75, 3.05) is 0 Å². The van der Waals surface area contributed by atoms with Crippen LogP contribution in [0, 0.1) is 12.7 Å². The number of nitrogens with zero attached hydrogens (tertiary/aromatic N) is 3. The number of rotatable bonds is 1. The lowest BCUT2D eigenvalue weighted by molar-refractivity contribution is 0.631. The SMILES string of the molecule is Cc1nc(-c2ccccc2F)c2c(Br)cn(C)c2n1. The van der Waals surface area contributed by atoms with Gasteiger partial charge in [0.2, 0.25) is 0 Å². The van der Waals surface area contributed by atoms with Crippen LogP contribution in [0.1, 0.15) is 5.82 Å². The molecule has 0 unspecified atom stereocenters. The van der Waals surface area contributed by atoms with E-state index in [1.807, 2.05) is 24.7 Å². The van der Waals surface area contributed by atoms with E-state index in [9.17, 15) is 4.39 Å². The van der Waals surface area contributed by atoms with E-state index in [0.29, 0.717) is 17.1 Å². The van der Waals surface area contributed by atoms with Crippen molar-refractivity contribution in [2.45, 2.75) is 6.92 Å². The zero-order valence-electron chi connectivity index (χ0n) is 10.5. The lowest BCUT2D eigenvalue weighted by Crippen LogP contribution is -1.97. The number of benzene rings is 1. The summed E-state index contributed by atoms with van der Waals surface area (Å²) in [6, 6.07) is 6.65. The van der Waals surface area contributed by atoms with Crippen LogP contribution in [-0.4, -0.2) is 14.5 Å². The molecule has 0 N–H and O–H groups in total. The molecule has 0 amide bonds. The molecule has 2 aromatic heterocycles. The summed E-state index contributed by atoms with van der Waals surface area (Å²) in [6.07, 6.45) is 1.91. The van der Waals surface area contributed by atoms with Crippen molar-refractivity contribution in [1.82, 2.24) is 14.5 Å². The van der Waals surface area contributed by atoms with Crippen LogP contribution in [0.5, 0.6) is 0 Å². The van der Waals surface area contributed by atoms with Gasteiger partial charge in [-0.15, -0.1) is 0 Å². The molecule has 1 aromatic carbocycles. The first-order valence-corrected chi connectivity index (χ1v) is 6.61. The second-order valence-corrected chi connectivity index (χ2v) is 5.24. The van der Waals surface area contributed by atoms with E-state index in [0.717, 1.165) is 15.5 Å². The number of hydrogen-bond acceptors (Lipinski definition) is 2. The van der Waals surface area contributed by atoms with E-state index < -0.39 is 0 Å². The van der Waals surface area contributed by atoms with Crippen LogP contribution < -0.4 is 0 Å². The van der Waals surface area contributed by atoms with E-state index in [4.69, 9.17) is 0 Å². The van der Waals surface area contributed by atoms with Crippen molar-refractivity contribution in [1.29, 1.82) is 0 Å². The molecule has 0 aliphatic carbocycles. The monoisotopic (exact) mass is 319 g/mol. The summed E-state index contributed by atoms with van der Waals surface area (Å²) >= 11 is 3.49. The van der Waals surface area contributed by atoms with E-state index >= 15 is 0 Å². The zero-order chi connectivity index (χ0) is 13.6. The third-order valence-corrected chi connectivity index (χ3v) is 3.61. The number of fused-ring (bicyclic) bond motifs is 1. The Morgan fingerprint density at radius 2 is 1.95 bits per heavy atom. The maximum Gasteiger partial charge on any atom is 0.145 e.